The zero-order valence-electron chi connectivity index (χ0n) is 20.9. The van der Waals surface area contributed by atoms with E-state index in [2.05, 4.69) is 5.32 Å². The standard InChI is InChI=1S/C29H31Cl3N2O2S/c1-20(2)33-29(36)27(18-21-7-4-3-5-8-21)34(19-22-10-15-25(31)26(32)17-22)28(35)9-6-16-37-24-13-11-23(30)12-14-24/h3-5,7-8,10-15,17,20,27H,6,9,16,18-19H2,1-2H3,(H,33,36). The minimum absolute atomic E-state index is 0.0523. The molecule has 1 atom stereocenters. The summed E-state index contributed by atoms with van der Waals surface area (Å²) < 4.78 is 0. The van der Waals surface area contributed by atoms with Crippen LogP contribution in [0, 0.1) is 0 Å². The fourth-order valence-corrected chi connectivity index (χ4v) is 5.16. The van der Waals surface area contributed by atoms with Crippen molar-refractivity contribution in [3.8, 4) is 0 Å². The number of halogens is 3. The molecule has 0 heterocycles. The molecule has 0 aromatic heterocycles. The van der Waals surface area contributed by atoms with E-state index in [1.807, 2.05) is 74.5 Å². The van der Waals surface area contributed by atoms with Crippen LogP contribution >= 0.6 is 46.6 Å². The van der Waals surface area contributed by atoms with Gasteiger partial charge in [-0.05, 0) is 73.5 Å². The zero-order valence-corrected chi connectivity index (χ0v) is 24.0. The Morgan fingerprint density at radius 1 is 0.892 bits per heavy atom. The van der Waals surface area contributed by atoms with Gasteiger partial charge in [-0.25, -0.2) is 0 Å². The molecule has 0 aliphatic carbocycles. The van der Waals surface area contributed by atoms with Crippen LogP contribution < -0.4 is 5.32 Å². The third kappa shape index (κ3) is 9.57. The maximum Gasteiger partial charge on any atom is 0.243 e. The van der Waals surface area contributed by atoms with Crippen molar-refractivity contribution in [2.45, 2.75) is 56.6 Å². The topological polar surface area (TPSA) is 49.4 Å². The molecule has 37 heavy (non-hydrogen) atoms. The fraction of sp³-hybridized carbons (Fsp3) is 0.310. The van der Waals surface area contributed by atoms with E-state index in [4.69, 9.17) is 34.8 Å². The zero-order chi connectivity index (χ0) is 26.8. The van der Waals surface area contributed by atoms with Gasteiger partial charge >= 0.3 is 0 Å². The maximum atomic E-state index is 13.6. The highest BCUT2D eigenvalue weighted by atomic mass is 35.5. The monoisotopic (exact) mass is 576 g/mol. The van der Waals surface area contributed by atoms with Crippen LogP contribution in [0.5, 0.6) is 0 Å². The molecule has 3 aromatic rings. The average molecular weight is 578 g/mol. The van der Waals surface area contributed by atoms with Crippen molar-refractivity contribution >= 4 is 58.4 Å². The normalized spacial score (nSPS) is 11.8. The van der Waals surface area contributed by atoms with Gasteiger partial charge in [-0.2, -0.15) is 0 Å². The highest BCUT2D eigenvalue weighted by Gasteiger charge is 2.30. The molecule has 1 N–H and O–H groups in total. The first-order valence-corrected chi connectivity index (χ1v) is 14.3. The van der Waals surface area contributed by atoms with E-state index in [-0.39, 0.29) is 24.4 Å². The molecule has 0 aliphatic rings. The molecule has 0 spiro atoms. The Kier molecular flexibility index (Phi) is 11.7. The summed E-state index contributed by atoms with van der Waals surface area (Å²) in [7, 11) is 0. The van der Waals surface area contributed by atoms with Gasteiger partial charge in [0.05, 0.1) is 10.0 Å². The van der Waals surface area contributed by atoms with Crippen LogP contribution in [0.1, 0.15) is 37.8 Å². The fourth-order valence-electron chi connectivity index (χ4n) is 3.86. The second-order valence-corrected chi connectivity index (χ2v) is 11.5. The second kappa shape index (κ2) is 14.7. The van der Waals surface area contributed by atoms with E-state index in [1.54, 1.807) is 28.8 Å². The van der Waals surface area contributed by atoms with Gasteiger partial charge in [-0.3, -0.25) is 9.59 Å². The first kappa shape index (κ1) is 29.4. The Labute approximate surface area is 238 Å². The summed E-state index contributed by atoms with van der Waals surface area (Å²) in [5.41, 5.74) is 1.80. The Bertz CT molecular complexity index is 1170. The van der Waals surface area contributed by atoms with Gasteiger partial charge in [-0.15, -0.1) is 11.8 Å². The molecular formula is C29H31Cl3N2O2S. The number of carbonyl (C=O) groups excluding carboxylic acids is 2. The first-order chi connectivity index (χ1) is 17.7. The van der Waals surface area contributed by atoms with Gasteiger partial charge < -0.3 is 10.2 Å². The van der Waals surface area contributed by atoms with E-state index in [0.717, 1.165) is 21.8 Å². The van der Waals surface area contributed by atoms with E-state index < -0.39 is 6.04 Å². The van der Waals surface area contributed by atoms with Gasteiger partial charge in [0.15, 0.2) is 0 Å². The lowest BCUT2D eigenvalue weighted by Crippen LogP contribution is -2.51. The summed E-state index contributed by atoms with van der Waals surface area (Å²) in [6, 6.07) is 22.0. The lowest BCUT2D eigenvalue weighted by atomic mass is 10.0. The second-order valence-electron chi connectivity index (χ2n) is 9.04. The van der Waals surface area contributed by atoms with Crippen LogP contribution in [0.3, 0.4) is 0 Å². The summed E-state index contributed by atoms with van der Waals surface area (Å²) in [5, 5.41) is 4.56. The summed E-state index contributed by atoms with van der Waals surface area (Å²) in [6.45, 7) is 4.08. The molecule has 2 amide bonds. The van der Waals surface area contributed by atoms with Crippen molar-refractivity contribution in [2.75, 3.05) is 5.75 Å². The molecule has 0 saturated carbocycles. The van der Waals surface area contributed by atoms with Crippen molar-refractivity contribution < 1.29 is 9.59 Å². The largest absolute Gasteiger partial charge is 0.352 e. The van der Waals surface area contributed by atoms with Gasteiger partial charge in [-0.1, -0.05) is 71.2 Å². The van der Waals surface area contributed by atoms with Crippen molar-refractivity contribution in [3.63, 3.8) is 0 Å². The number of rotatable bonds is 12. The lowest BCUT2D eigenvalue weighted by molar-refractivity contribution is -0.141. The Balaban J connectivity index is 1.80. The predicted octanol–water partition coefficient (Wildman–Crippen LogP) is 7.68. The number of carbonyl (C=O) groups is 2. The molecular weight excluding hydrogens is 547 g/mol. The summed E-state index contributed by atoms with van der Waals surface area (Å²) in [5.74, 6) is 0.514. The van der Waals surface area contributed by atoms with E-state index >= 15 is 0 Å². The SMILES string of the molecule is CC(C)NC(=O)C(Cc1ccccc1)N(Cc1ccc(Cl)c(Cl)c1)C(=O)CCCSc1ccc(Cl)cc1. The molecule has 0 fully saturated rings. The minimum Gasteiger partial charge on any atom is -0.352 e. The highest BCUT2D eigenvalue weighted by molar-refractivity contribution is 7.99. The van der Waals surface area contributed by atoms with E-state index in [0.29, 0.717) is 34.3 Å². The molecule has 0 aliphatic heterocycles. The number of nitrogens with zero attached hydrogens (tertiary/aromatic N) is 1. The summed E-state index contributed by atoms with van der Waals surface area (Å²) in [4.78, 5) is 29.8. The van der Waals surface area contributed by atoms with Crippen molar-refractivity contribution in [3.05, 3.63) is 99.0 Å². The van der Waals surface area contributed by atoms with Crippen LogP contribution in [-0.4, -0.2) is 34.6 Å². The molecule has 4 nitrogen and oxygen atoms in total. The van der Waals surface area contributed by atoms with Crippen LogP contribution in [0.2, 0.25) is 15.1 Å². The van der Waals surface area contributed by atoms with Crippen LogP contribution in [0.15, 0.2) is 77.7 Å². The van der Waals surface area contributed by atoms with E-state index in [9.17, 15) is 9.59 Å². The molecule has 3 aromatic carbocycles. The first-order valence-electron chi connectivity index (χ1n) is 12.2. The van der Waals surface area contributed by atoms with Gasteiger partial charge in [0.1, 0.15) is 6.04 Å². The number of benzene rings is 3. The number of nitrogens with one attached hydrogen (secondary N) is 1. The van der Waals surface area contributed by atoms with Crippen LogP contribution in [0.4, 0.5) is 0 Å². The Morgan fingerprint density at radius 2 is 1.59 bits per heavy atom. The summed E-state index contributed by atoms with van der Waals surface area (Å²) >= 11 is 20.0. The van der Waals surface area contributed by atoms with Crippen LogP contribution in [-0.2, 0) is 22.6 Å². The quantitative estimate of drug-likeness (QED) is 0.177. The van der Waals surface area contributed by atoms with Crippen molar-refractivity contribution in [2.24, 2.45) is 0 Å². The molecule has 0 bridgehead atoms. The predicted molar refractivity (Wildman–Crippen MR) is 156 cm³/mol. The number of amides is 2. The number of hydrogen-bond donors (Lipinski definition) is 1. The molecule has 196 valence electrons. The number of hydrogen-bond acceptors (Lipinski definition) is 3. The van der Waals surface area contributed by atoms with E-state index in [1.165, 1.54) is 0 Å². The summed E-state index contributed by atoms with van der Waals surface area (Å²) in [6.07, 6.45) is 1.40. The maximum absolute atomic E-state index is 13.6. The molecule has 0 saturated heterocycles. The molecule has 1 unspecified atom stereocenters. The molecule has 0 radical (unpaired) electrons. The number of thioether (sulfide) groups is 1. The minimum atomic E-state index is -0.671. The third-order valence-electron chi connectivity index (χ3n) is 5.66. The Hall–Kier alpha value is -2.18. The van der Waals surface area contributed by atoms with Gasteiger partial charge in [0, 0.05) is 35.3 Å². The highest BCUT2D eigenvalue weighted by Crippen LogP contribution is 2.25. The molecule has 8 heteroatoms. The van der Waals surface area contributed by atoms with Crippen LogP contribution in [0.25, 0.3) is 0 Å². The van der Waals surface area contributed by atoms with Gasteiger partial charge in [0.25, 0.3) is 0 Å². The smallest absolute Gasteiger partial charge is 0.243 e. The van der Waals surface area contributed by atoms with Gasteiger partial charge in [0.2, 0.25) is 11.8 Å². The molecule has 3 rings (SSSR count). The third-order valence-corrected chi connectivity index (χ3v) is 7.75. The average Bonchev–Trinajstić information content (AvgIpc) is 2.87. The lowest BCUT2D eigenvalue weighted by Gasteiger charge is -2.32. The van der Waals surface area contributed by atoms with Crippen molar-refractivity contribution in [1.29, 1.82) is 0 Å². The Morgan fingerprint density at radius 3 is 2.24 bits per heavy atom. The van der Waals surface area contributed by atoms with Crippen molar-refractivity contribution in [1.82, 2.24) is 10.2 Å².